The highest BCUT2D eigenvalue weighted by atomic mass is 32.1. The topological polar surface area (TPSA) is 18.5 Å². The number of ether oxygens (including phenoxy) is 2. The Labute approximate surface area is 89.6 Å². The van der Waals surface area contributed by atoms with Gasteiger partial charge in [-0.05, 0) is 6.07 Å². The Kier molecular flexibility index (Phi) is 3.32. The highest BCUT2D eigenvalue weighted by Gasteiger charge is 2.17. The number of hydrogen-bond acceptors (Lipinski definition) is 3. The zero-order chi connectivity index (χ0) is 9.80. The maximum Gasteiger partial charge on any atom is 0.124 e. The monoisotopic (exact) mass is 210 g/mol. The Bertz CT molecular complexity index is 295. The summed E-state index contributed by atoms with van der Waals surface area (Å²) in [5, 5.41) is 0. The predicted molar refractivity (Wildman–Crippen MR) is 59.0 cm³/mol. The fraction of sp³-hybridized carbons (Fsp3) is 0.455. The standard InChI is InChI=1S/C11H14O2S/c14-8-9-3-1-2-4-11(9)13-10-5-6-12-7-10/h1-4,10,14H,5-8H2. The molecule has 2 rings (SSSR count). The summed E-state index contributed by atoms with van der Waals surface area (Å²) in [5.74, 6) is 1.65. The number of benzene rings is 1. The molecule has 1 aromatic carbocycles. The molecule has 1 atom stereocenters. The average Bonchev–Trinajstić information content (AvgIpc) is 2.71. The van der Waals surface area contributed by atoms with Gasteiger partial charge in [0.15, 0.2) is 0 Å². The highest BCUT2D eigenvalue weighted by Crippen LogP contribution is 2.22. The Morgan fingerprint density at radius 1 is 1.43 bits per heavy atom. The molecule has 1 fully saturated rings. The molecule has 14 heavy (non-hydrogen) atoms. The van der Waals surface area contributed by atoms with E-state index in [2.05, 4.69) is 12.6 Å². The van der Waals surface area contributed by atoms with Crippen LogP contribution in [0.5, 0.6) is 5.75 Å². The van der Waals surface area contributed by atoms with E-state index in [1.165, 1.54) is 0 Å². The summed E-state index contributed by atoms with van der Waals surface area (Å²) in [5.41, 5.74) is 1.14. The second-order valence-corrected chi connectivity index (χ2v) is 3.69. The Hall–Kier alpha value is -0.670. The van der Waals surface area contributed by atoms with Crippen molar-refractivity contribution in [1.29, 1.82) is 0 Å². The zero-order valence-electron chi connectivity index (χ0n) is 7.98. The lowest BCUT2D eigenvalue weighted by atomic mass is 10.2. The normalized spacial score (nSPS) is 21.1. The number of thiol groups is 1. The van der Waals surface area contributed by atoms with Crippen molar-refractivity contribution in [3.8, 4) is 5.75 Å². The van der Waals surface area contributed by atoms with Gasteiger partial charge in [-0.15, -0.1) is 0 Å². The van der Waals surface area contributed by atoms with E-state index in [1.807, 2.05) is 24.3 Å². The third kappa shape index (κ3) is 2.22. The molecule has 0 saturated carbocycles. The van der Waals surface area contributed by atoms with Gasteiger partial charge in [0, 0.05) is 17.7 Å². The SMILES string of the molecule is SCc1ccccc1OC1CCOC1. The summed E-state index contributed by atoms with van der Waals surface area (Å²) in [6.07, 6.45) is 1.21. The summed E-state index contributed by atoms with van der Waals surface area (Å²) in [7, 11) is 0. The Balaban J connectivity index is 2.07. The van der Waals surface area contributed by atoms with Gasteiger partial charge in [-0.2, -0.15) is 12.6 Å². The summed E-state index contributed by atoms with van der Waals surface area (Å²) in [6.45, 7) is 1.52. The van der Waals surface area contributed by atoms with Crippen molar-refractivity contribution in [2.24, 2.45) is 0 Å². The first-order valence-corrected chi connectivity index (χ1v) is 5.46. The van der Waals surface area contributed by atoms with E-state index in [9.17, 15) is 0 Å². The molecule has 1 saturated heterocycles. The van der Waals surface area contributed by atoms with Crippen LogP contribution in [0.3, 0.4) is 0 Å². The van der Waals surface area contributed by atoms with Gasteiger partial charge in [-0.25, -0.2) is 0 Å². The predicted octanol–water partition coefficient (Wildman–Crippen LogP) is 2.28. The van der Waals surface area contributed by atoms with Crippen LogP contribution < -0.4 is 4.74 Å². The quantitative estimate of drug-likeness (QED) is 0.772. The maximum atomic E-state index is 5.82. The lowest BCUT2D eigenvalue weighted by Gasteiger charge is -2.14. The number of rotatable bonds is 3. The van der Waals surface area contributed by atoms with Crippen LogP contribution in [0.2, 0.25) is 0 Å². The van der Waals surface area contributed by atoms with Crippen LogP contribution in [0.4, 0.5) is 0 Å². The van der Waals surface area contributed by atoms with Crippen LogP contribution in [0.15, 0.2) is 24.3 Å². The van der Waals surface area contributed by atoms with Crippen molar-refractivity contribution in [3.63, 3.8) is 0 Å². The molecule has 2 nitrogen and oxygen atoms in total. The van der Waals surface area contributed by atoms with Crippen molar-refractivity contribution in [3.05, 3.63) is 29.8 Å². The highest BCUT2D eigenvalue weighted by molar-refractivity contribution is 7.79. The summed E-state index contributed by atoms with van der Waals surface area (Å²) in [6, 6.07) is 8.02. The third-order valence-electron chi connectivity index (χ3n) is 2.32. The Morgan fingerprint density at radius 2 is 2.29 bits per heavy atom. The van der Waals surface area contributed by atoms with E-state index in [0.29, 0.717) is 12.4 Å². The molecule has 0 amide bonds. The third-order valence-corrected chi connectivity index (χ3v) is 2.67. The molecule has 0 radical (unpaired) electrons. The van der Waals surface area contributed by atoms with E-state index >= 15 is 0 Å². The first-order chi connectivity index (χ1) is 6.90. The van der Waals surface area contributed by atoms with Crippen LogP contribution in [0.1, 0.15) is 12.0 Å². The average molecular weight is 210 g/mol. The van der Waals surface area contributed by atoms with Crippen LogP contribution in [-0.2, 0) is 10.5 Å². The van der Waals surface area contributed by atoms with E-state index in [-0.39, 0.29) is 6.10 Å². The Morgan fingerprint density at radius 3 is 3.00 bits per heavy atom. The molecule has 0 aromatic heterocycles. The van der Waals surface area contributed by atoms with E-state index < -0.39 is 0 Å². The lowest BCUT2D eigenvalue weighted by Crippen LogP contribution is -2.16. The van der Waals surface area contributed by atoms with Gasteiger partial charge in [-0.1, -0.05) is 18.2 Å². The molecule has 0 spiro atoms. The number of hydrogen-bond donors (Lipinski definition) is 1. The molecule has 0 aliphatic carbocycles. The van der Waals surface area contributed by atoms with Crippen molar-refractivity contribution in [1.82, 2.24) is 0 Å². The van der Waals surface area contributed by atoms with Crippen molar-refractivity contribution in [2.45, 2.75) is 18.3 Å². The van der Waals surface area contributed by atoms with Crippen LogP contribution in [0, 0.1) is 0 Å². The fourth-order valence-electron chi connectivity index (χ4n) is 1.53. The van der Waals surface area contributed by atoms with Gasteiger partial charge < -0.3 is 9.47 Å². The van der Waals surface area contributed by atoms with Gasteiger partial charge in [0.25, 0.3) is 0 Å². The molecule has 1 aliphatic rings. The van der Waals surface area contributed by atoms with Gasteiger partial charge >= 0.3 is 0 Å². The molecule has 0 bridgehead atoms. The fourth-order valence-corrected chi connectivity index (χ4v) is 1.80. The minimum absolute atomic E-state index is 0.219. The molecule has 0 N–H and O–H groups in total. The summed E-state index contributed by atoms with van der Waals surface area (Å²) < 4.78 is 11.1. The molecule has 76 valence electrons. The molecule has 1 aromatic rings. The summed E-state index contributed by atoms with van der Waals surface area (Å²) >= 11 is 4.27. The van der Waals surface area contributed by atoms with Gasteiger partial charge in [0.05, 0.1) is 13.2 Å². The molecule has 1 aliphatic heterocycles. The molecular weight excluding hydrogens is 196 g/mol. The molecule has 1 heterocycles. The molecule has 1 unspecified atom stereocenters. The number of para-hydroxylation sites is 1. The first kappa shape index (κ1) is 9.87. The van der Waals surface area contributed by atoms with Crippen LogP contribution in [-0.4, -0.2) is 19.3 Å². The van der Waals surface area contributed by atoms with Crippen LogP contribution in [0.25, 0.3) is 0 Å². The zero-order valence-corrected chi connectivity index (χ0v) is 8.87. The van der Waals surface area contributed by atoms with Gasteiger partial charge in [0.1, 0.15) is 11.9 Å². The van der Waals surface area contributed by atoms with E-state index in [1.54, 1.807) is 0 Å². The lowest BCUT2D eigenvalue weighted by molar-refractivity contribution is 0.141. The second-order valence-electron chi connectivity index (χ2n) is 3.37. The van der Waals surface area contributed by atoms with Gasteiger partial charge in [-0.3, -0.25) is 0 Å². The van der Waals surface area contributed by atoms with Crippen molar-refractivity contribution in [2.75, 3.05) is 13.2 Å². The minimum Gasteiger partial charge on any atom is -0.488 e. The molecular formula is C11H14O2S. The smallest absolute Gasteiger partial charge is 0.124 e. The van der Waals surface area contributed by atoms with E-state index in [4.69, 9.17) is 9.47 Å². The van der Waals surface area contributed by atoms with Crippen LogP contribution >= 0.6 is 12.6 Å². The summed E-state index contributed by atoms with van der Waals surface area (Å²) in [4.78, 5) is 0. The van der Waals surface area contributed by atoms with Crippen molar-refractivity contribution < 1.29 is 9.47 Å². The maximum absolute atomic E-state index is 5.82. The van der Waals surface area contributed by atoms with Gasteiger partial charge in [0.2, 0.25) is 0 Å². The minimum atomic E-state index is 0.219. The first-order valence-electron chi connectivity index (χ1n) is 4.83. The van der Waals surface area contributed by atoms with E-state index in [0.717, 1.165) is 24.3 Å². The second kappa shape index (κ2) is 4.71. The molecule has 3 heteroatoms. The largest absolute Gasteiger partial charge is 0.488 e. The van der Waals surface area contributed by atoms with Crippen molar-refractivity contribution >= 4 is 12.6 Å².